The summed E-state index contributed by atoms with van der Waals surface area (Å²) < 4.78 is 0. The van der Waals surface area contributed by atoms with Crippen molar-refractivity contribution in [1.29, 1.82) is 5.26 Å². The molecule has 1 aromatic carbocycles. The smallest absolute Gasteiger partial charge is 0.293 e. The number of hydrogen-bond acceptors (Lipinski definition) is 4. The minimum Gasteiger partial charge on any atom is -0.369 e. The van der Waals surface area contributed by atoms with Gasteiger partial charge in [-0.1, -0.05) is 19.9 Å². The molecular formula is C17H23BN3O. The van der Waals surface area contributed by atoms with Gasteiger partial charge in [0, 0.05) is 19.6 Å². The highest BCUT2D eigenvalue weighted by Crippen LogP contribution is 2.24. The van der Waals surface area contributed by atoms with Crippen LogP contribution in [0, 0.1) is 17.2 Å². The van der Waals surface area contributed by atoms with Crippen molar-refractivity contribution in [2.45, 2.75) is 26.7 Å². The van der Waals surface area contributed by atoms with Gasteiger partial charge in [-0.05, 0) is 43.0 Å². The third-order valence-corrected chi connectivity index (χ3v) is 3.97. The second kappa shape index (κ2) is 8.00. The molecule has 1 fully saturated rings. The third kappa shape index (κ3) is 4.35. The minimum absolute atomic E-state index is 0.600. The van der Waals surface area contributed by atoms with Crippen molar-refractivity contribution in [2.24, 2.45) is 5.92 Å². The van der Waals surface area contributed by atoms with Gasteiger partial charge >= 0.3 is 0 Å². The van der Waals surface area contributed by atoms with Gasteiger partial charge in [0.25, 0.3) is 7.41 Å². The monoisotopic (exact) mass is 296 g/mol. The standard InChI is InChI=1S/C17H23BN3O/c1-14(2)10-15-4-5-16(12-19)17(11-15)20-6-3-7-21(9-8-20)18-13-22/h4-5,11,13-14H,3,6-10H2,1-2H3. The van der Waals surface area contributed by atoms with Crippen LogP contribution < -0.4 is 4.90 Å². The molecule has 4 nitrogen and oxygen atoms in total. The molecule has 1 radical (unpaired) electrons. The Kier molecular flexibility index (Phi) is 6.03. The highest BCUT2D eigenvalue weighted by Gasteiger charge is 2.18. The van der Waals surface area contributed by atoms with E-state index in [1.165, 1.54) is 5.56 Å². The van der Waals surface area contributed by atoms with Crippen LogP contribution in [-0.4, -0.2) is 44.6 Å². The van der Waals surface area contributed by atoms with E-state index in [2.05, 4.69) is 41.8 Å². The normalized spacial score (nSPS) is 16.2. The van der Waals surface area contributed by atoms with Crippen molar-refractivity contribution in [3.05, 3.63) is 29.3 Å². The molecule has 1 aromatic rings. The van der Waals surface area contributed by atoms with Gasteiger partial charge < -0.3 is 14.5 Å². The van der Waals surface area contributed by atoms with E-state index in [1.807, 2.05) is 6.07 Å². The molecule has 2 rings (SSSR count). The van der Waals surface area contributed by atoms with Crippen LogP contribution in [0.2, 0.25) is 0 Å². The first-order valence-corrected chi connectivity index (χ1v) is 7.94. The zero-order chi connectivity index (χ0) is 15.9. The second-order valence-electron chi connectivity index (χ2n) is 6.22. The summed E-state index contributed by atoms with van der Waals surface area (Å²) in [5.74, 6) is 0.600. The predicted molar refractivity (Wildman–Crippen MR) is 90.6 cm³/mol. The topological polar surface area (TPSA) is 47.3 Å². The lowest BCUT2D eigenvalue weighted by Crippen LogP contribution is -2.34. The summed E-state index contributed by atoms with van der Waals surface area (Å²) >= 11 is 0. The molecule has 1 aliphatic rings. The first-order valence-electron chi connectivity index (χ1n) is 7.94. The van der Waals surface area contributed by atoms with Crippen molar-refractivity contribution in [3.63, 3.8) is 0 Å². The van der Waals surface area contributed by atoms with E-state index < -0.39 is 0 Å². The van der Waals surface area contributed by atoms with E-state index in [0.29, 0.717) is 5.92 Å². The van der Waals surface area contributed by atoms with E-state index in [0.717, 1.165) is 56.5 Å². The third-order valence-electron chi connectivity index (χ3n) is 3.97. The van der Waals surface area contributed by atoms with Gasteiger partial charge in [-0.2, -0.15) is 5.26 Å². The summed E-state index contributed by atoms with van der Waals surface area (Å²) in [4.78, 5) is 15.0. The van der Waals surface area contributed by atoms with Gasteiger partial charge in [0.1, 0.15) is 6.07 Å². The molecule has 0 aromatic heterocycles. The molecule has 0 atom stereocenters. The van der Waals surface area contributed by atoms with E-state index in [-0.39, 0.29) is 0 Å². The maximum absolute atomic E-state index is 10.6. The fourth-order valence-corrected chi connectivity index (χ4v) is 2.95. The zero-order valence-electron chi connectivity index (χ0n) is 13.5. The summed E-state index contributed by atoms with van der Waals surface area (Å²) in [5.41, 5.74) is 3.05. The highest BCUT2D eigenvalue weighted by molar-refractivity contribution is 6.64. The Bertz CT molecular complexity index is 553. The van der Waals surface area contributed by atoms with E-state index in [9.17, 15) is 10.1 Å². The molecule has 115 valence electrons. The molecule has 1 saturated heterocycles. The minimum atomic E-state index is 0.600. The van der Waals surface area contributed by atoms with Crippen LogP contribution >= 0.6 is 0 Å². The molecule has 0 aliphatic carbocycles. The quantitative estimate of drug-likeness (QED) is 0.616. The lowest BCUT2D eigenvalue weighted by Gasteiger charge is -2.25. The van der Waals surface area contributed by atoms with E-state index in [1.54, 1.807) is 7.41 Å². The van der Waals surface area contributed by atoms with Crippen molar-refractivity contribution in [2.75, 3.05) is 31.1 Å². The maximum atomic E-state index is 10.6. The fourth-order valence-electron chi connectivity index (χ4n) is 2.95. The first-order chi connectivity index (χ1) is 10.6. The molecule has 22 heavy (non-hydrogen) atoms. The fraction of sp³-hybridized carbons (Fsp3) is 0.529. The maximum Gasteiger partial charge on any atom is 0.293 e. The largest absolute Gasteiger partial charge is 0.369 e. The second-order valence-corrected chi connectivity index (χ2v) is 6.22. The van der Waals surface area contributed by atoms with Gasteiger partial charge in [-0.25, -0.2) is 0 Å². The average Bonchev–Trinajstić information content (AvgIpc) is 2.72. The SMILES string of the molecule is CC(C)Cc1ccc(C#N)c(N2CCCN([B]C=O)CC2)c1. The van der Waals surface area contributed by atoms with Crippen LogP contribution in [0.15, 0.2) is 18.2 Å². The lowest BCUT2D eigenvalue weighted by atomic mass is 9.94. The summed E-state index contributed by atoms with van der Waals surface area (Å²) in [6.07, 6.45) is 2.86. The van der Waals surface area contributed by atoms with Crippen LogP contribution in [0.4, 0.5) is 5.69 Å². The molecule has 0 amide bonds. The average molecular weight is 296 g/mol. The molecule has 0 unspecified atom stereocenters. The van der Waals surface area contributed by atoms with Crippen molar-refractivity contribution >= 4 is 19.3 Å². The number of benzene rings is 1. The van der Waals surface area contributed by atoms with E-state index >= 15 is 0 Å². The Morgan fingerprint density at radius 3 is 2.82 bits per heavy atom. The van der Waals surface area contributed by atoms with Gasteiger partial charge in [0.05, 0.1) is 17.4 Å². The van der Waals surface area contributed by atoms with Gasteiger partial charge in [0.15, 0.2) is 0 Å². The van der Waals surface area contributed by atoms with Gasteiger partial charge in [0.2, 0.25) is 0 Å². The summed E-state index contributed by atoms with van der Waals surface area (Å²) in [6.45, 7) is 7.88. The van der Waals surface area contributed by atoms with Gasteiger partial charge in [-0.15, -0.1) is 0 Å². The van der Waals surface area contributed by atoms with Crippen LogP contribution in [0.1, 0.15) is 31.4 Å². The van der Waals surface area contributed by atoms with Crippen LogP contribution in [0.3, 0.4) is 0 Å². The van der Waals surface area contributed by atoms with E-state index in [4.69, 9.17) is 0 Å². The highest BCUT2D eigenvalue weighted by atomic mass is 16.1. The molecule has 0 saturated carbocycles. The number of carbonyl (C=O) groups excluding carboxylic acids is 1. The predicted octanol–water partition coefficient (Wildman–Crippen LogP) is 2.08. The zero-order valence-corrected chi connectivity index (χ0v) is 13.5. The number of nitriles is 1. The molecule has 0 N–H and O–H groups in total. The summed E-state index contributed by atoms with van der Waals surface area (Å²) in [7, 11) is 1.61. The Morgan fingerprint density at radius 2 is 2.14 bits per heavy atom. The van der Waals surface area contributed by atoms with Crippen LogP contribution in [0.5, 0.6) is 0 Å². The number of rotatable bonds is 5. The number of carbonyl (C=O) groups is 1. The molecular weight excluding hydrogens is 273 g/mol. The summed E-state index contributed by atoms with van der Waals surface area (Å²) in [5, 5.41) is 9.39. The first kappa shape index (κ1) is 16.6. The molecule has 1 heterocycles. The molecule has 0 spiro atoms. The Morgan fingerprint density at radius 1 is 1.32 bits per heavy atom. The van der Waals surface area contributed by atoms with Crippen LogP contribution in [-0.2, 0) is 11.2 Å². The van der Waals surface area contributed by atoms with Gasteiger partial charge in [-0.3, -0.25) is 0 Å². The Labute approximate surface area is 134 Å². The van der Waals surface area contributed by atoms with Crippen molar-refractivity contribution < 1.29 is 4.79 Å². The number of hydrogen-bond donors (Lipinski definition) is 0. The number of nitrogens with zero attached hydrogens (tertiary/aromatic N) is 3. The Balaban J connectivity index is 2.18. The Hall–Kier alpha value is -1.80. The molecule has 0 bridgehead atoms. The van der Waals surface area contributed by atoms with Crippen molar-refractivity contribution in [3.8, 4) is 6.07 Å². The van der Waals surface area contributed by atoms with Crippen molar-refractivity contribution in [1.82, 2.24) is 4.81 Å². The molecule has 5 heteroatoms. The number of anilines is 1. The van der Waals surface area contributed by atoms with Crippen LogP contribution in [0.25, 0.3) is 0 Å². The lowest BCUT2D eigenvalue weighted by molar-refractivity contribution is 0.476. The molecule has 1 aliphatic heterocycles. The summed E-state index contributed by atoms with van der Waals surface area (Å²) in [6, 6.07) is 8.47.